The molecule has 0 bridgehead atoms. The highest BCUT2D eigenvalue weighted by Crippen LogP contribution is 2.21. The molecule has 0 aromatic heterocycles. The van der Waals surface area contributed by atoms with Crippen LogP contribution in [0.25, 0.3) is 0 Å². The smallest absolute Gasteiger partial charge is 0.228 e. The summed E-state index contributed by atoms with van der Waals surface area (Å²) in [6.45, 7) is 0. The summed E-state index contributed by atoms with van der Waals surface area (Å²) in [5.41, 5.74) is -0.144. The first kappa shape index (κ1) is 13.9. The highest BCUT2D eigenvalue weighted by atomic mass is 32.2. The first-order valence-corrected chi connectivity index (χ1v) is 7.66. The molecule has 1 amide bonds. The van der Waals surface area contributed by atoms with Crippen molar-refractivity contribution >= 4 is 21.4 Å². The van der Waals surface area contributed by atoms with E-state index in [1.54, 1.807) is 0 Å². The number of benzene rings is 1. The zero-order valence-electron chi connectivity index (χ0n) is 10.0. The zero-order chi connectivity index (χ0) is 14.0. The second-order valence-corrected chi connectivity index (χ2v) is 6.80. The summed E-state index contributed by atoms with van der Waals surface area (Å²) in [6, 6.07) is 2.80. The van der Waals surface area contributed by atoms with Crippen molar-refractivity contribution in [2.45, 2.75) is 12.8 Å². The molecule has 1 aliphatic heterocycles. The van der Waals surface area contributed by atoms with Gasteiger partial charge in [0.25, 0.3) is 0 Å². The van der Waals surface area contributed by atoms with Gasteiger partial charge in [-0.25, -0.2) is 17.2 Å². The van der Waals surface area contributed by atoms with Gasteiger partial charge in [0, 0.05) is 6.07 Å². The van der Waals surface area contributed by atoms with E-state index in [0.29, 0.717) is 18.9 Å². The highest BCUT2D eigenvalue weighted by Gasteiger charge is 2.30. The highest BCUT2D eigenvalue weighted by molar-refractivity contribution is 7.91. The Kier molecular flexibility index (Phi) is 3.84. The molecule has 0 saturated carbocycles. The molecule has 1 aliphatic rings. The summed E-state index contributed by atoms with van der Waals surface area (Å²) in [7, 11) is -3.20. The summed E-state index contributed by atoms with van der Waals surface area (Å²) in [6.07, 6.45) is 0.875. The summed E-state index contributed by atoms with van der Waals surface area (Å²) in [4.78, 5) is 11.9. The Morgan fingerprint density at radius 1 is 1.32 bits per heavy atom. The second kappa shape index (κ2) is 5.24. The van der Waals surface area contributed by atoms with E-state index in [4.69, 9.17) is 0 Å². The minimum atomic E-state index is -3.20. The van der Waals surface area contributed by atoms with Gasteiger partial charge < -0.3 is 5.32 Å². The summed E-state index contributed by atoms with van der Waals surface area (Å²) in [5, 5.41) is 2.30. The molecule has 4 nitrogen and oxygen atoms in total. The summed E-state index contributed by atoms with van der Waals surface area (Å²) >= 11 is 0. The van der Waals surface area contributed by atoms with E-state index < -0.39 is 33.3 Å². The van der Waals surface area contributed by atoms with Crippen molar-refractivity contribution in [2.75, 3.05) is 16.8 Å². The molecule has 0 spiro atoms. The average Bonchev–Trinajstić information content (AvgIpc) is 2.31. The van der Waals surface area contributed by atoms with E-state index in [9.17, 15) is 22.0 Å². The van der Waals surface area contributed by atoms with Crippen LogP contribution in [0.2, 0.25) is 0 Å². The fourth-order valence-corrected chi connectivity index (χ4v) is 3.76. The van der Waals surface area contributed by atoms with Crippen LogP contribution in [0.1, 0.15) is 12.8 Å². The van der Waals surface area contributed by atoms with Crippen molar-refractivity contribution in [1.82, 2.24) is 0 Å². The molecule has 1 unspecified atom stereocenters. The fourth-order valence-electron chi connectivity index (χ4n) is 2.06. The lowest BCUT2D eigenvalue weighted by Gasteiger charge is -2.21. The quantitative estimate of drug-likeness (QED) is 0.902. The molecule has 1 fully saturated rings. The van der Waals surface area contributed by atoms with Gasteiger partial charge in [-0.3, -0.25) is 4.79 Å². The minimum absolute atomic E-state index is 0.0850. The van der Waals surface area contributed by atoms with Gasteiger partial charge in [0.15, 0.2) is 9.84 Å². The van der Waals surface area contributed by atoms with E-state index in [2.05, 4.69) is 5.32 Å². The maximum atomic E-state index is 13.4. The molecule has 1 atom stereocenters. The molecule has 104 valence electrons. The van der Waals surface area contributed by atoms with Crippen molar-refractivity contribution in [3.8, 4) is 0 Å². The first-order valence-electron chi connectivity index (χ1n) is 5.84. The molecular formula is C12H13F2NO3S. The molecule has 0 radical (unpaired) electrons. The third-order valence-corrected chi connectivity index (χ3v) is 4.84. The van der Waals surface area contributed by atoms with Gasteiger partial charge in [-0.1, -0.05) is 0 Å². The van der Waals surface area contributed by atoms with Crippen molar-refractivity contribution in [1.29, 1.82) is 0 Å². The lowest BCUT2D eigenvalue weighted by Crippen LogP contribution is -2.34. The predicted octanol–water partition coefficient (Wildman–Crippen LogP) is 1.73. The standard InChI is InChI=1S/C12H13F2NO3S/c13-9-3-4-11(10(14)6-9)15-12(16)8-2-1-5-19(17,18)7-8/h3-4,6,8H,1-2,5,7H2,(H,15,16). The Balaban J connectivity index is 2.08. The lowest BCUT2D eigenvalue weighted by molar-refractivity contribution is -0.119. The lowest BCUT2D eigenvalue weighted by atomic mass is 10.0. The number of amides is 1. The number of rotatable bonds is 2. The zero-order valence-corrected chi connectivity index (χ0v) is 10.8. The first-order chi connectivity index (χ1) is 8.87. The van der Waals surface area contributed by atoms with Crippen molar-refractivity contribution in [3.05, 3.63) is 29.8 Å². The van der Waals surface area contributed by atoms with Crippen LogP contribution >= 0.6 is 0 Å². The maximum Gasteiger partial charge on any atom is 0.228 e. The Morgan fingerprint density at radius 2 is 2.05 bits per heavy atom. The van der Waals surface area contributed by atoms with Crippen LogP contribution in [-0.2, 0) is 14.6 Å². The van der Waals surface area contributed by atoms with Gasteiger partial charge >= 0.3 is 0 Å². The molecule has 1 heterocycles. The minimum Gasteiger partial charge on any atom is -0.323 e. The number of anilines is 1. The molecule has 0 aliphatic carbocycles. The molecule has 1 saturated heterocycles. The van der Waals surface area contributed by atoms with Gasteiger partial charge in [0.05, 0.1) is 23.1 Å². The van der Waals surface area contributed by atoms with Crippen molar-refractivity contribution in [2.24, 2.45) is 5.92 Å². The van der Waals surface area contributed by atoms with Crippen molar-refractivity contribution in [3.63, 3.8) is 0 Å². The molecular weight excluding hydrogens is 276 g/mol. The van der Waals surface area contributed by atoms with Crippen LogP contribution in [0, 0.1) is 17.6 Å². The third kappa shape index (κ3) is 3.50. The molecule has 2 rings (SSSR count). The number of halogens is 2. The van der Waals surface area contributed by atoms with Crippen LogP contribution < -0.4 is 5.32 Å². The second-order valence-electron chi connectivity index (χ2n) is 4.57. The topological polar surface area (TPSA) is 63.2 Å². The van der Waals surface area contributed by atoms with Gasteiger partial charge in [0.2, 0.25) is 5.91 Å². The predicted molar refractivity (Wildman–Crippen MR) is 66.4 cm³/mol. The molecule has 7 heteroatoms. The van der Waals surface area contributed by atoms with Crippen LogP contribution in [0.3, 0.4) is 0 Å². The normalized spacial score (nSPS) is 21.9. The number of sulfone groups is 1. The van der Waals surface area contributed by atoms with Crippen molar-refractivity contribution < 1.29 is 22.0 Å². The number of nitrogens with one attached hydrogen (secondary N) is 1. The van der Waals surface area contributed by atoms with E-state index in [-0.39, 0.29) is 17.2 Å². The average molecular weight is 289 g/mol. The van der Waals surface area contributed by atoms with Gasteiger partial charge in [-0.05, 0) is 25.0 Å². The molecule has 1 aromatic carbocycles. The van der Waals surface area contributed by atoms with E-state index in [1.165, 1.54) is 0 Å². The van der Waals surface area contributed by atoms with Gasteiger partial charge in [-0.15, -0.1) is 0 Å². The Morgan fingerprint density at radius 3 is 2.68 bits per heavy atom. The van der Waals surface area contributed by atoms with E-state index in [0.717, 1.165) is 12.1 Å². The Hall–Kier alpha value is -1.50. The summed E-state index contributed by atoms with van der Waals surface area (Å²) < 4.78 is 48.9. The van der Waals surface area contributed by atoms with E-state index in [1.807, 2.05) is 0 Å². The number of hydrogen-bond acceptors (Lipinski definition) is 3. The van der Waals surface area contributed by atoms with Crippen LogP contribution in [-0.4, -0.2) is 25.8 Å². The van der Waals surface area contributed by atoms with Crippen LogP contribution in [0.4, 0.5) is 14.5 Å². The largest absolute Gasteiger partial charge is 0.323 e. The third-order valence-electron chi connectivity index (χ3n) is 3.02. The van der Waals surface area contributed by atoms with E-state index >= 15 is 0 Å². The summed E-state index contributed by atoms with van der Waals surface area (Å²) in [5.74, 6) is -2.98. The van der Waals surface area contributed by atoms with Crippen LogP contribution in [0.5, 0.6) is 0 Å². The number of hydrogen-bond donors (Lipinski definition) is 1. The monoisotopic (exact) mass is 289 g/mol. The molecule has 1 aromatic rings. The Bertz CT molecular complexity index is 601. The maximum absolute atomic E-state index is 13.4. The van der Waals surface area contributed by atoms with Gasteiger partial charge in [-0.2, -0.15) is 0 Å². The molecule has 1 N–H and O–H groups in total. The fraction of sp³-hybridized carbons (Fsp3) is 0.417. The van der Waals surface area contributed by atoms with Gasteiger partial charge in [0.1, 0.15) is 11.6 Å². The molecule has 19 heavy (non-hydrogen) atoms. The SMILES string of the molecule is O=C(Nc1ccc(F)cc1F)C1CCCS(=O)(=O)C1. The van der Waals surface area contributed by atoms with Crippen LogP contribution in [0.15, 0.2) is 18.2 Å². The number of carbonyl (C=O) groups excluding carboxylic acids is 1. The number of carbonyl (C=O) groups is 1. The Labute approximate surface area is 109 Å².